The number of ether oxygens (including phenoxy) is 2. The second-order valence-electron chi connectivity index (χ2n) is 8.00. The smallest absolute Gasteiger partial charge is 0.410 e. The molecule has 2 heterocycles. The molecule has 2 aliphatic rings. The van der Waals surface area contributed by atoms with E-state index < -0.39 is 0 Å². The van der Waals surface area contributed by atoms with E-state index in [0.29, 0.717) is 6.42 Å². The lowest BCUT2D eigenvalue weighted by molar-refractivity contribution is -0.124. The lowest BCUT2D eigenvalue weighted by Crippen LogP contribution is -2.48. The number of nitrogens with zero attached hydrogens (tertiary/aromatic N) is 1. The van der Waals surface area contributed by atoms with Crippen LogP contribution in [0.15, 0.2) is 54.6 Å². The molecule has 0 saturated carbocycles. The number of hydrogen-bond acceptors (Lipinski definition) is 4. The Morgan fingerprint density at radius 1 is 0.966 bits per heavy atom. The second kappa shape index (κ2) is 8.68. The number of amides is 1. The summed E-state index contributed by atoms with van der Waals surface area (Å²) in [6, 6.07) is 17.6. The molecule has 1 amide bonds. The Morgan fingerprint density at radius 3 is 2.34 bits per heavy atom. The van der Waals surface area contributed by atoms with Crippen LogP contribution in [0.3, 0.4) is 0 Å². The van der Waals surface area contributed by atoms with E-state index in [9.17, 15) is 9.59 Å². The Labute approximate surface area is 171 Å². The van der Waals surface area contributed by atoms with Crippen molar-refractivity contribution in [2.24, 2.45) is 5.92 Å². The molecule has 2 saturated heterocycles. The molecule has 2 aromatic rings. The van der Waals surface area contributed by atoms with Crippen LogP contribution in [0.1, 0.15) is 36.8 Å². The molecule has 4 rings (SSSR count). The minimum absolute atomic E-state index is 0.0110. The lowest BCUT2D eigenvalue weighted by Gasteiger charge is -2.37. The van der Waals surface area contributed by atoms with Crippen molar-refractivity contribution in [3.05, 3.63) is 65.7 Å². The summed E-state index contributed by atoms with van der Waals surface area (Å²) >= 11 is 0. The first-order valence-electron chi connectivity index (χ1n) is 10.3. The maximum absolute atomic E-state index is 12.9. The number of ketones is 1. The van der Waals surface area contributed by atoms with Crippen LogP contribution in [0.25, 0.3) is 0 Å². The Bertz CT molecular complexity index is 852. The van der Waals surface area contributed by atoms with Crippen molar-refractivity contribution in [1.82, 2.24) is 4.90 Å². The van der Waals surface area contributed by atoms with Gasteiger partial charge in [0.05, 0.1) is 7.11 Å². The minimum Gasteiger partial charge on any atom is -0.497 e. The molecule has 5 nitrogen and oxygen atoms in total. The van der Waals surface area contributed by atoms with Crippen molar-refractivity contribution in [2.45, 2.75) is 50.8 Å². The number of piperidine rings is 1. The number of Topliss-reactive ketones (excluding diaryl/α,β-unsaturated/α-hetero) is 1. The van der Waals surface area contributed by atoms with Gasteiger partial charge in [-0.1, -0.05) is 42.5 Å². The van der Waals surface area contributed by atoms with Crippen LogP contribution in [0.2, 0.25) is 0 Å². The van der Waals surface area contributed by atoms with Gasteiger partial charge in [0.1, 0.15) is 18.1 Å². The fraction of sp³-hybridized carbons (Fsp3) is 0.417. The summed E-state index contributed by atoms with van der Waals surface area (Å²) < 4.78 is 10.8. The van der Waals surface area contributed by atoms with Crippen molar-refractivity contribution in [2.75, 3.05) is 7.11 Å². The highest BCUT2D eigenvalue weighted by molar-refractivity contribution is 5.84. The predicted octanol–water partition coefficient (Wildman–Crippen LogP) is 4.39. The predicted molar refractivity (Wildman–Crippen MR) is 110 cm³/mol. The number of fused-ring (bicyclic) bond motifs is 2. The number of carbonyl (C=O) groups excluding carboxylic acids is 2. The fourth-order valence-corrected chi connectivity index (χ4v) is 4.66. The van der Waals surface area contributed by atoms with Gasteiger partial charge in [-0.05, 0) is 48.9 Å². The molecular formula is C24H27NO4. The zero-order chi connectivity index (χ0) is 20.2. The van der Waals surface area contributed by atoms with Gasteiger partial charge in [0, 0.05) is 24.4 Å². The van der Waals surface area contributed by atoms with Gasteiger partial charge >= 0.3 is 6.09 Å². The summed E-state index contributed by atoms with van der Waals surface area (Å²) in [6.45, 7) is 0.286. The average Bonchev–Trinajstić information content (AvgIpc) is 3.02. The molecular weight excluding hydrogens is 366 g/mol. The van der Waals surface area contributed by atoms with Gasteiger partial charge in [0.2, 0.25) is 0 Å². The molecule has 5 heteroatoms. The molecule has 0 aromatic heterocycles. The van der Waals surface area contributed by atoms with Crippen LogP contribution in [-0.2, 0) is 22.6 Å². The maximum atomic E-state index is 12.9. The van der Waals surface area contributed by atoms with Gasteiger partial charge in [-0.15, -0.1) is 0 Å². The lowest BCUT2D eigenvalue weighted by atomic mass is 9.85. The highest BCUT2D eigenvalue weighted by atomic mass is 16.6. The first-order chi connectivity index (χ1) is 14.1. The standard InChI is InChI=1S/C24H27NO4/c1-28-22-9-5-8-18(12-22)13-23(26)19-14-20-10-11-21(15-19)25(20)24(27)29-16-17-6-3-2-4-7-17/h2-9,12,19-21H,10-11,13-16H2,1H3. The van der Waals surface area contributed by atoms with Crippen molar-refractivity contribution in [1.29, 1.82) is 0 Å². The molecule has 2 fully saturated rings. The maximum Gasteiger partial charge on any atom is 0.410 e. The summed E-state index contributed by atoms with van der Waals surface area (Å²) in [4.78, 5) is 27.5. The summed E-state index contributed by atoms with van der Waals surface area (Å²) in [5, 5.41) is 0. The molecule has 2 aliphatic heterocycles. The van der Waals surface area contributed by atoms with E-state index in [2.05, 4.69) is 0 Å². The van der Waals surface area contributed by atoms with Gasteiger partial charge < -0.3 is 14.4 Å². The summed E-state index contributed by atoms with van der Waals surface area (Å²) in [5.74, 6) is 1.04. The monoisotopic (exact) mass is 393 g/mol. The van der Waals surface area contributed by atoms with E-state index in [-0.39, 0.29) is 36.5 Å². The molecule has 2 bridgehead atoms. The van der Waals surface area contributed by atoms with Crippen LogP contribution in [-0.4, -0.2) is 36.0 Å². The zero-order valence-electron chi connectivity index (χ0n) is 16.8. The molecule has 2 atom stereocenters. The topological polar surface area (TPSA) is 55.8 Å². The van der Waals surface area contributed by atoms with Crippen LogP contribution in [0.5, 0.6) is 5.75 Å². The van der Waals surface area contributed by atoms with E-state index in [4.69, 9.17) is 9.47 Å². The van der Waals surface area contributed by atoms with Gasteiger partial charge in [-0.2, -0.15) is 0 Å². The van der Waals surface area contributed by atoms with E-state index in [1.165, 1.54) is 0 Å². The number of carbonyl (C=O) groups is 2. The Balaban J connectivity index is 1.34. The Morgan fingerprint density at radius 2 is 1.66 bits per heavy atom. The van der Waals surface area contributed by atoms with Crippen LogP contribution in [0, 0.1) is 5.92 Å². The second-order valence-corrected chi connectivity index (χ2v) is 8.00. The zero-order valence-corrected chi connectivity index (χ0v) is 16.8. The van der Waals surface area contributed by atoms with Crippen molar-refractivity contribution in [3.63, 3.8) is 0 Å². The third-order valence-electron chi connectivity index (χ3n) is 6.12. The fourth-order valence-electron chi connectivity index (χ4n) is 4.66. The number of methoxy groups -OCH3 is 1. The van der Waals surface area contributed by atoms with Crippen LogP contribution >= 0.6 is 0 Å². The normalized spacial score (nSPS) is 22.9. The first-order valence-corrected chi connectivity index (χ1v) is 10.3. The summed E-state index contributed by atoms with van der Waals surface area (Å²) in [6.07, 6.45) is 3.54. The van der Waals surface area contributed by atoms with Gasteiger partial charge in [0.25, 0.3) is 0 Å². The number of benzene rings is 2. The molecule has 0 aliphatic carbocycles. The van der Waals surface area contributed by atoms with E-state index in [1.807, 2.05) is 59.5 Å². The Kier molecular flexibility index (Phi) is 5.84. The molecule has 2 unspecified atom stereocenters. The van der Waals surface area contributed by atoms with E-state index in [0.717, 1.165) is 42.6 Å². The third kappa shape index (κ3) is 4.44. The van der Waals surface area contributed by atoms with Gasteiger partial charge in [0.15, 0.2) is 0 Å². The molecule has 0 spiro atoms. The van der Waals surface area contributed by atoms with E-state index in [1.54, 1.807) is 7.11 Å². The van der Waals surface area contributed by atoms with Crippen LogP contribution in [0.4, 0.5) is 4.79 Å². The van der Waals surface area contributed by atoms with Crippen molar-refractivity contribution >= 4 is 11.9 Å². The molecule has 152 valence electrons. The SMILES string of the molecule is COc1cccc(CC(=O)C2CC3CCC(C2)N3C(=O)OCc2ccccc2)c1. The van der Waals surface area contributed by atoms with Crippen LogP contribution < -0.4 is 4.74 Å². The number of rotatable bonds is 6. The van der Waals surface area contributed by atoms with Gasteiger partial charge in [-0.3, -0.25) is 4.79 Å². The highest BCUT2D eigenvalue weighted by Gasteiger charge is 2.45. The highest BCUT2D eigenvalue weighted by Crippen LogP contribution is 2.40. The first kappa shape index (κ1) is 19.5. The van der Waals surface area contributed by atoms with Gasteiger partial charge in [-0.25, -0.2) is 4.79 Å². The molecule has 0 N–H and O–H groups in total. The largest absolute Gasteiger partial charge is 0.497 e. The quantitative estimate of drug-likeness (QED) is 0.731. The molecule has 2 aromatic carbocycles. The molecule has 0 radical (unpaired) electrons. The molecule has 29 heavy (non-hydrogen) atoms. The minimum atomic E-state index is -0.250. The summed E-state index contributed by atoms with van der Waals surface area (Å²) in [5.41, 5.74) is 1.96. The van der Waals surface area contributed by atoms with E-state index >= 15 is 0 Å². The van der Waals surface area contributed by atoms with Crippen molar-refractivity contribution in [3.8, 4) is 5.75 Å². The Hall–Kier alpha value is -2.82. The average molecular weight is 393 g/mol. The summed E-state index contributed by atoms with van der Waals surface area (Å²) in [7, 11) is 1.63. The number of hydrogen-bond donors (Lipinski definition) is 0. The van der Waals surface area contributed by atoms with Crippen molar-refractivity contribution < 1.29 is 19.1 Å². The third-order valence-corrected chi connectivity index (χ3v) is 6.12.